The smallest absolute Gasteiger partial charge is 0.263 e. The summed E-state index contributed by atoms with van der Waals surface area (Å²) in [6, 6.07) is 3.29. The molecule has 0 amide bonds. The lowest BCUT2D eigenvalue weighted by Crippen LogP contribution is -1.89. The fraction of sp³-hybridized carbons (Fsp3) is 0. The number of nitrogens with one attached hydrogen (secondary N) is 1. The highest BCUT2D eigenvalue weighted by Crippen LogP contribution is 2.05. The van der Waals surface area contributed by atoms with Crippen molar-refractivity contribution < 1.29 is 4.79 Å². The van der Waals surface area contributed by atoms with Gasteiger partial charge in [0, 0.05) is 6.20 Å². The molecule has 0 spiro atoms. The number of H-pyrrole nitrogens is 1. The van der Waals surface area contributed by atoms with Crippen molar-refractivity contribution in [1.29, 1.82) is 5.26 Å². The largest absolute Gasteiger partial charge is 0.278 e. The van der Waals surface area contributed by atoms with Crippen LogP contribution in [0.1, 0.15) is 5.69 Å². The Balaban J connectivity index is 2.95. The van der Waals surface area contributed by atoms with Crippen molar-refractivity contribution in [1.82, 2.24) is 10.2 Å². The standard InChI is InChI=1S/C7H4ClN3O/c8-7(12)5(4-9)3-6-1-2-10-11-6/h1-3H,(H,10,11). The van der Waals surface area contributed by atoms with E-state index in [-0.39, 0.29) is 5.57 Å². The summed E-state index contributed by atoms with van der Waals surface area (Å²) in [5.41, 5.74) is 0.460. The molecule has 0 aliphatic carbocycles. The Bertz CT molecular complexity index is 347. The number of halogens is 1. The molecule has 1 heterocycles. The third kappa shape index (κ3) is 1.94. The van der Waals surface area contributed by atoms with Crippen LogP contribution in [0.5, 0.6) is 0 Å². The number of hydrogen-bond acceptors (Lipinski definition) is 3. The molecule has 0 fully saturated rings. The lowest BCUT2D eigenvalue weighted by Gasteiger charge is -1.86. The number of aromatic nitrogens is 2. The van der Waals surface area contributed by atoms with E-state index in [2.05, 4.69) is 10.2 Å². The minimum absolute atomic E-state index is 0.110. The minimum Gasteiger partial charge on any atom is -0.278 e. The van der Waals surface area contributed by atoms with E-state index in [1.165, 1.54) is 12.3 Å². The predicted octanol–water partition coefficient (Wildman–Crippen LogP) is 1.08. The number of nitriles is 1. The van der Waals surface area contributed by atoms with Crippen LogP contribution in [0.15, 0.2) is 17.8 Å². The summed E-state index contributed by atoms with van der Waals surface area (Å²) in [5, 5.41) is 13.9. The average Bonchev–Trinajstić information content (AvgIpc) is 2.51. The number of allylic oxidation sites excluding steroid dienone is 1. The zero-order chi connectivity index (χ0) is 8.97. The molecule has 4 nitrogen and oxygen atoms in total. The lowest BCUT2D eigenvalue weighted by atomic mass is 10.2. The van der Waals surface area contributed by atoms with Gasteiger partial charge in [0.25, 0.3) is 5.24 Å². The normalized spacial score (nSPS) is 10.8. The maximum atomic E-state index is 10.5. The highest BCUT2D eigenvalue weighted by Gasteiger charge is 2.04. The van der Waals surface area contributed by atoms with Gasteiger partial charge in [-0.2, -0.15) is 10.4 Å². The van der Waals surface area contributed by atoms with Crippen molar-refractivity contribution in [3.8, 4) is 6.07 Å². The van der Waals surface area contributed by atoms with E-state index in [0.29, 0.717) is 5.69 Å². The van der Waals surface area contributed by atoms with Crippen LogP contribution in [-0.2, 0) is 4.79 Å². The van der Waals surface area contributed by atoms with Crippen molar-refractivity contribution in [2.45, 2.75) is 0 Å². The van der Waals surface area contributed by atoms with Gasteiger partial charge in [-0.05, 0) is 23.7 Å². The summed E-state index contributed by atoms with van der Waals surface area (Å²) in [5.74, 6) is 0. The second-order valence-electron chi connectivity index (χ2n) is 1.96. The van der Waals surface area contributed by atoms with E-state index in [4.69, 9.17) is 16.9 Å². The molecule has 60 valence electrons. The molecule has 0 bridgehead atoms. The van der Waals surface area contributed by atoms with Gasteiger partial charge in [0.1, 0.15) is 11.6 Å². The summed E-state index contributed by atoms with van der Waals surface area (Å²) in [6.07, 6.45) is 2.85. The minimum atomic E-state index is -0.771. The first-order valence-corrected chi connectivity index (χ1v) is 3.43. The van der Waals surface area contributed by atoms with Crippen LogP contribution in [-0.4, -0.2) is 15.4 Å². The molecule has 1 N–H and O–H groups in total. The molecular formula is C7H4ClN3O. The zero-order valence-corrected chi connectivity index (χ0v) is 6.67. The third-order valence-corrected chi connectivity index (χ3v) is 1.36. The highest BCUT2D eigenvalue weighted by molar-refractivity contribution is 6.68. The molecule has 0 aliphatic rings. The molecule has 0 unspecified atom stereocenters. The van der Waals surface area contributed by atoms with Crippen LogP contribution in [0, 0.1) is 11.3 Å². The first-order valence-electron chi connectivity index (χ1n) is 3.05. The highest BCUT2D eigenvalue weighted by atomic mass is 35.5. The Morgan fingerprint density at radius 2 is 2.58 bits per heavy atom. The van der Waals surface area contributed by atoms with E-state index in [0.717, 1.165) is 0 Å². The maximum absolute atomic E-state index is 10.5. The van der Waals surface area contributed by atoms with Crippen molar-refractivity contribution in [2.75, 3.05) is 0 Å². The molecule has 0 saturated heterocycles. The number of hydrogen-bond donors (Lipinski definition) is 1. The van der Waals surface area contributed by atoms with Gasteiger partial charge in [-0.25, -0.2) is 0 Å². The molecule has 0 radical (unpaired) electrons. The van der Waals surface area contributed by atoms with Gasteiger partial charge < -0.3 is 0 Å². The maximum Gasteiger partial charge on any atom is 0.263 e. The number of nitrogens with zero attached hydrogens (tertiary/aromatic N) is 2. The summed E-state index contributed by atoms with van der Waals surface area (Å²) >= 11 is 5.10. The number of rotatable bonds is 2. The summed E-state index contributed by atoms with van der Waals surface area (Å²) in [4.78, 5) is 10.5. The van der Waals surface area contributed by atoms with Crippen LogP contribution in [0.25, 0.3) is 6.08 Å². The zero-order valence-electron chi connectivity index (χ0n) is 5.91. The van der Waals surface area contributed by atoms with Gasteiger partial charge in [0.2, 0.25) is 0 Å². The fourth-order valence-corrected chi connectivity index (χ4v) is 0.732. The molecule has 0 aromatic carbocycles. The first-order chi connectivity index (χ1) is 5.74. The van der Waals surface area contributed by atoms with Gasteiger partial charge in [-0.1, -0.05) is 0 Å². The third-order valence-electron chi connectivity index (χ3n) is 1.15. The summed E-state index contributed by atoms with van der Waals surface area (Å²) in [7, 11) is 0. The fourth-order valence-electron chi connectivity index (χ4n) is 0.635. The Labute approximate surface area is 73.5 Å². The molecule has 1 rings (SSSR count). The lowest BCUT2D eigenvalue weighted by molar-refractivity contribution is -0.108. The summed E-state index contributed by atoms with van der Waals surface area (Å²) < 4.78 is 0. The number of carbonyl (C=O) groups is 1. The van der Waals surface area contributed by atoms with Crippen LogP contribution in [0.3, 0.4) is 0 Å². The van der Waals surface area contributed by atoms with Crippen LogP contribution >= 0.6 is 11.6 Å². The van der Waals surface area contributed by atoms with E-state index in [1.807, 2.05) is 0 Å². The van der Waals surface area contributed by atoms with Crippen LogP contribution in [0.2, 0.25) is 0 Å². The predicted molar refractivity (Wildman–Crippen MR) is 43.0 cm³/mol. The Morgan fingerprint density at radius 1 is 1.83 bits per heavy atom. The SMILES string of the molecule is N#CC(=Cc1ccn[nH]1)C(=O)Cl. The topological polar surface area (TPSA) is 69.5 Å². The Morgan fingerprint density at radius 3 is 3.00 bits per heavy atom. The Kier molecular flexibility index (Phi) is 2.62. The van der Waals surface area contributed by atoms with Crippen molar-refractivity contribution in [3.63, 3.8) is 0 Å². The molecule has 1 aromatic rings. The van der Waals surface area contributed by atoms with Gasteiger partial charge in [0.15, 0.2) is 0 Å². The molecule has 12 heavy (non-hydrogen) atoms. The van der Waals surface area contributed by atoms with Gasteiger partial charge in [-0.3, -0.25) is 9.89 Å². The van der Waals surface area contributed by atoms with E-state index in [9.17, 15) is 4.79 Å². The molecule has 0 aliphatic heterocycles. The molecule has 1 aromatic heterocycles. The molecule has 0 atom stereocenters. The second-order valence-corrected chi connectivity index (χ2v) is 2.30. The summed E-state index contributed by atoms with van der Waals surface area (Å²) in [6.45, 7) is 0. The molecule has 0 saturated carbocycles. The van der Waals surface area contributed by atoms with E-state index < -0.39 is 5.24 Å². The second kappa shape index (κ2) is 3.69. The Hall–Kier alpha value is -1.60. The van der Waals surface area contributed by atoms with E-state index >= 15 is 0 Å². The van der Waals surface area contributed by atoms with Gasteiger partial charge >= 0.3 is 0 Å². The quantitative estimate of drug-likeness (QED) is 0.422. The van der Waals surface area contributed by atoms with Crippen LogP contribution < -0.4 is 0 Å². The molecule has 5 heteroatoms. The average molecular weight is 182 g/mol. The van der Waals surface area contributed by atoms with Gasteiger partial charge in [0.05, 0.1) is 5.69 Å². The van der Waals surface area contributed by atoms with Crippen molar-refractivity contribution >= 4 is 22.9 Å². The number of aromatic amines is 1. The first kappa shape index (κ1) is 8.50. The van der Waals surface area contributed by atoms with Crippen LogP contribution in [0.4, 0.5) is 0 Å². The van der Waals surface area contributed by atoms with Gasteiger partial charge in [-0.15, -0.1) is 0 Å². The number of carbonyl (C=O) groups excluding carboxylic acids is 1. The van der Waals surface area contributed by atoms with Crippen molar-refractivity contribution in [3.05, 3.63) is 23.5 Å². The van der Waals surface area contributed by atoms with E-state index in [1.54, 1.807) is 12.1 Å². The monoisotopic (exact) mass is 181 g/mol. The van der Waals surface area contributed by atoms with Crippen molar-refractivity contribution in [2.24, 2.45) is 0 Å². The molecular weight excluding hydrogens is 178 g/mol.